The summed E-state index contributed by atoms with van der Waals surface area (Å²) in [5.41, 5.74) is 2.19. The maximum atomic E-state index is 5.54. The lowest BCUT2D eigenvalue weighted by Gasteiger charge is -2.12. The first-order valence-electron chi connectivity index (χ1n) is 8.22. The molecule has 0 saturated heterocycles. The van der Waals surface area contributed by atoms with E-state index in [-0.39, 0.29) is 6.79 Å². The zero-order valence-electron chi connectivity index (χ0n) is 14.8. The zero-order valence-corrected chi connectivity index (χ0v) is 14.8. The van der Waals surface area contributed by atoms with Crippen molar-refractivity contribution in [3.8, 4) is 28.7 Å². The van der Waals surface area contributed by atoms with Crippen molar-refractivity contribution < 1.29 is 23.7 Å². The van der Waals surface area contributed by atoms with Crippen molar-refractivity contribution in [3.05, 3.63) is 41.5 Å². The quantitative estimate of drug-likeness (QED) is 0.793. The van der Waals surface area contributed by atoms with Crippen molar-refractivity contribution in [2.45, 2.75) is 20.0 Å². The first kappa shape index (κ1) is 17.2. The standard InChI is InChI=1S/C19H23NO5/c1-4-23-15-6-5-13(7-16(15)21-2)10-20-11-14-8-17(22-3)19-18(9-14)24-12-25-19/h5-9,20H,4,10-12H2,1-3H3. The van der Waals surface area contributed by atoms with Gasteiger partial charge in [-0.1, -0.05) is 6.07 Å². The van der Waals surface area contributed by atoms with E-state index in [2.05, 4.69) is 5.32 Å². The first-order chi connectivity index (χ1) is 12.2. The van der Waals surface area contributed by atoms with Gasteiger partial charge in [-0.3, -0.25) is 0 Å². The number of hydrogen-bond donors (Lipinski definition) is 1. The number of hydrogen-bond acceptors (Lipinski definition) is 6. The molecule has 2 aromatic rings. The summed E-state index contributed by atoms with van der Waals surface area (Å²) in [6, 6.07) is 9.87. The van der Waals surface area contributed by atoms with Gasteiger partial charge in [0.2, 0.25) is 12.5 Å². The van der Waals surface area contributed by atoms with Crippen LogP contribution in [0.1, 0.15) is 18.1 Å². The molecule has 0 fully saturated rings. The fourth-order valence-corrected chi connectivity index (χ4v) is 2.73. The Morgan fingerprint density at radius 1 is 0.920 bits per heavy atom. The summed E-state index contributed by atoms with van der Waals surface area (Å²) < 4.78 is 27.2. The smallest absolute Gasteiger partial charge is 0.231 e. The van der Waals surface area contributed by atoms with E-state index in [1.807, 2.05) is 37.3 Å². The van der Waals surface area contributed by atoms with Crippen molar-refractivity contribution in [3.63, 3.8) is 0 Å². The Bertz CT molecular complexity index is 732. The Morgan fingerprint density at radius 2 is 1.68 bits per heavy atom. The molecular formula is C19H23NO5. The number of nitrogens with one attached hydrogen (secondary N) is 1. The highest BCUT2D eigenvalue weighted by Gasteiger charge is 2.19. The molecule has 0 bridgehead atoms. The van der Waals surface area contributed by atoms with Gasteiger partial charge in [-0.25, -0.2) is 0 Å². The van der Waals surface area contributed by atoms with Gasteiger partial charge in [-0.15, -0.1) is 0 Å². The van der Waals surface area contributed by atoms with Gasteiger partial charge in [0.1, 0.15) is 0 Å². The van der Waals surface area contributed by atoms with Crippen molar-refractivity contribution in [2.75, 3.05) is 27.6 Å². The minimum Gasteiger partial charge on any atom is -0.493 e. The maximum Gasteiger partial charge on any atom is 0.231 e. The molecule has 1 aliphatic rings. The summed E-state index contributed by atoms with van der Waals surface area (Å²) in [7, 11) is 3.27. The highest BCUT2D eigenvalue weighted by Crippen LogP contribution is 2.41. The number of benzene rings is 2. The lowest BCUT2D eigenvalue weighted by atomic mass is 10.1. The number of ether oxygens (including phenoxy) is 5. The third kappa shape index (κ3) is 3.91. The van der Waals surface area contributed by atoms with Crippen LogP contribution in [0.4, 0.5) is 0 Å². The van der Waals surface area contributed by atoms with E-state index in [9.17, 15) is 0 Å². The molecule has 0 aromatic heterocycles. The highest BCUT2D eigenvalue weighted by atomic mass is 16.7. The van der Waals surface area contributed by atoms with Crippen LogP contribution in [0, 0.1) is 0 Å². The van der Waals surface area contributed by atoms with Crippen LogP contribution in [0.3, 0.4) is 0 Å². The van der Waals surface area contributed by atoms with Gasteiger partial charge in [0.25, 0.3) is 0 Å². The van der Waals surface area contributed by atoms with E-state index in [0.29, 0.717) is 31.2 Å². The van der Waals surface area contributed by atoms with Gasteiger partial charge in [0, 0.05) is 13.1 Å². The molecule has 3 rings (SSSR count). The molecule has 0 unspecified atom stereocenters. The summed E-state index contributed by atoms with van der Waals surface area (Å²) in [6.07, 6.45) is 0. The number of fused-ring (bicyclic) bond motifs is 1. The van der Waals surface area contributed by atoms with Gasteiger partial charge in [0.15, 0.2) is 23.0 Å². The second-order valence-corrected chi connectivity index (χ2v) is 5.55. The Morgan fingerprint density at radius 3 is 2.44 bits per heavy atom. The van der Waals surface area contributed by atoms with Crippen molar-refractivity contribution >= 4 is 0 Å². The van der Waals surface area contributed by atoms with Gasteiger partial charge >= 0.3 is 0 Å². The van der Waals surface area contributed by atoms with Crippen molar-refractivity contribution in [1.82, 2.24) is 5.32 Å². The third-order valence-corrected chi connectivity index (χ3v) is 3.90. The summed E-state index contributed by atoms with van der Waals surface area (Å²) in [6.45, 7) is 4.19. The monoisotopic (exact) mass is 345 g/mol. The Balaban J connectivity index is 1.63. The van der Waals surface area contributed by atoms with Crippen LogP contribution in [0.2, 0.25) is 0 Å². The van der Waals surface area contributed by atoms with Crippen molar-refractivity contribution in [1.29, 1.82) is 0 Å². The molecule has 6 heteroatoms. The van der Waals surface area contributed by atoms with Gasteiger partial charge in [-0.05, 0) is 42.3 Å². The normalized spacial score (nSPS) is 12.1. The predicted molar refractivity (Wildman–Crippen MR) is 93.8 cm³/mol. The molecule has 0 amide bonds. The molecule has 25 heavy (non-hydrogen) atoms. The van der Waals surface area contributed by atoms with Crippen LogP contribution in [0.25, 0.3) is 0 Å². The SMILES string of the molecule is CCOc1ccc(CNCc2cc(OC)c3c(c2)OCO3)cc1OC. The molecule has 2 aromatic carbocycles. The second kappa shape index (κ2) is 7.98. The van der Waals surface area contributed by atoms with E-state index in [4.69, 9.17) is 23.7 Å². The molecule has 6 nitrogen and oxygen atoms in total. The molecule has 1 N–H and O–H groups in total. The molecule has 1 heterocycles. The summed E-state index contributed by atoms with van der Waals surface area (Å²) in [5, 5.41) is 3.41. The van der Waals surface area contributed by atoms with Crippen LogP contribution in [-0.2, 0) is 13.1 Å². The molecule has 0 aliphatic carbocycles. The molecule has 0 spiro atoms. The molecule has 1 aliphatic heterocycles. The van der Waals surface area contributed by atoms with Gasteiger partial charge in [-0.2, -0.15) is 0 Å². The van der Waals surface area contributed by atoms with Crippen LogP contribution < -0.4 is 29.0 Å². The average molecular weight is 345 g/mol. The van der Waals surface area contributed by atoms with Crippen LogP contribution >= 0.6 is 0 Å². The van der Waals surface area contributed by atoms with E-state index in [1.165, 1.54) is 0 Å². The first-order valence-corrected chi connectivity index (χ1v) is 8.22. The van der Waals surface area contributed by atoms with E-state index < -0.39 is 0 Å². The largest absolute Gasteiger partial charge is 0.493 e. The third-order valence-electron chi connectivity index (χ3n) is 3.90. The lowest BCUT2D eigenvalue weighted by molar-refractivity contribution is 0.171. The van der Waals surface area contributed by atoms with E-state index in [0.717, 1.165) is 28.4 Å². The van der Waals surface area contributed by atoms with Crippen LogP contribution in [0.15, 0.2) is 30.3 Å². The second-order valence-electron chi connectivity index (χ2n) is 5.55. The fourth-order valence-electron chi connectivity index (χ4n) is 2.73. The van der Waals surface area contributed by atoms with E-state index >= 15 is 0 Å². The van der Waals surface area contributed by atoms with Gasteiger partial charge < -0.3 is 29.0 Å². The number of rotatable bonds is 8. The minimum absolute atomic E-state index is 0.231. The van der Waals surface area contributed by atoms with Gasteiger partial charge in [0.05, 0.1) is 20.8 Å². The fraction of sp³-hybridized carbons (Fsp3) is 0.368. The predicted octanol–water partition coefficient (Wildman–Crippen LogP) is 3.12. The average Bonchev–Trinajstić information content (AvgIpc) is 3.11. The number of methoxy groups -OCH3 is 2. The Kier molecular flexibility index (Phi) is 5.50. The Labute approximate surface area is 147 Å². The highest BCUT2D eigenvalue weighted by molar-refractivity contribution is 5.55. The summed E-state index contributed by atoms with van der Waals surface area (Å²) in [4.78, 5) is 0. The van der Waals surface area contributed by atoms with E-state index in [1.54, 1.807) is 14.2 Å². The maximum absolute atomic E-state index is 5.54. The molecule has 0 atom stereocenters. The molecule has 0 saturated carbocycles. The summed E-state index contributed by atoms with van der Waals surface area (Å²) in [5.74, 6) is 3.58. The molecular weight excluding hydrogens is 322 g/mol. The minimum atomic E-state index is 0.231. The zero-order chi connectivity index (χ0) is 17.6. The Hall–Kier alpha value is -2.60. The van der Waals surface area contributed by atoms with Crippen LogP contribution in [-0.4, -0.2) is 27.6 Å². The summed E-state index contributed by atoms with van der Waals surface area (Å²) >= 11 is 0. The molecule has 0 radical (unpaired) electrons. The van der Waals surface area contributed by atoms with Crippen LogP contribution in [0.5, 0.6) is 28.7 Å². The lowest BCUT2D eigenvalue weighted by Crippen LogP contribution is -2.13. The molecule has 134 valence electrons. The topological polar surface area (TPSA) is 58.2 Å². The van der Waals surface area contributed by atoms with Crippen molar-refractivity contribution in [2.24, 2.45) is 0 Å².